The fourth-order valence-electron chi connectivity index (χ4n) is 13.2. The molecule has 0 spiro atoms. The molecule has 5 aromatic rings. The van der Waals surface area contributed by atoms with Gasteiger partial charge in [0.25, 0.3) is 0 Å². The van der Waals surface area contributed by atoms with Gasteiger partial charge in [0.2, 0.25) is 0 Å². The first-order valence-electron chi connectivity index (χ1n) is 22.0. The van der Waals surface area contributed by atoms with Gasteiger partial charge in [-0.1, -0.05) is 119 Å². The maximum absolute atomic E-state index is 11.2. The number of benzene rings is 3. The van der Waals surface area contributed by atoms with E-state index in [2.05, 4.69) is 164 Å². The highest BCUT2D eigenvalue weighted by atomic mass is 16.5. The molecule has 0 radical (unpaired) electrons. The third-order valence-corrected chi connectivity index (χ3v) is 15.9. The molecule has 0 fully saturated rings. The Balaban J connectivity index is 1.12. The fraction of sp³-hybridized carbons (Fsp3) is 0.309. The molecule has 294 valence electrons. The van der Waals surface area contributed by atoms with E-state index in [1.54, 1.807) is 0 Å². The molecule has 60 heavy (non-hydrogen) atoms. The van der Waals surface area contributed by atoms with E-state index in [9.17, 15) is 10.5 Å². The van der Waals surface area contributed by atoms with E-state index >= 15 is 0 Å². The second-order valence-corrected chi connectivity index (χ2v) is 18.9. The molecule has 0 N–H and O–H groups in total. The zero-order valence-corrected chi connectivity index (χ0v) is 34.7. The lowest BCUT2D eigenvalue weighted by atomic mass is 9.54. The smallest absolute Gasteiger partial charge is 0.128 e. The van der Waals surface area contributed by atoms with Crippen LogP contribution in [0.25, 0.3) is 39.3 Å². The Morgan fingerprint density at radius 3 is 2.47 bits per heavy atom. The van der Waals surface area contributed by atoms with E-state index in [-0.39, 0.29) is 34.7 Å². The summed E-state index contributed by atoms with van der Waals surface area (Å²) in [5, 5.41) is 24.5. The van der Waals surface area contributed by atoms with Crippen molar-refractivity contribution in [2.75, 3.05) is 0 Å². The van der Waals surface area contributed by atoms with E-state index in [0.717, 1.165) is 70.2 Å². The zero-order chi connectivity index (χ0) is 40.7. The molecule has 5 heteroatoms. The summed E-state index contributed by atoms with van der Waals surface area (Å²) in [5.74, 6) is 1.38. The first-order chi connectivity index (χ1) is 29.3. The predicted molar refractivity (Wildman–Crippen MR) is 241 cm³/mol. The van der Waals surface area contributed by atoms with Crippen molar-refractivity contribution >= 4 is 39.3 Å². The average molecular weight is 781 g/mol. The molecule has 6 aliphatic carbocycles. The molecule has 7 atom stereocenters. The van der Waals surface area contributed by atoms with Crippen molar-refractivity contribution in [3.63, 3.8) is 0 Å². The van der Waals surface area contributed by atoms with E-state index < -0.39 is 0 Å². The lowest BCUT2D eigenvalue weighted by Crippen LogP contribution is -2.47. The maximum Gasteiger partial charge on any atom is 0.128 e. The average Bonchev–Trinajstić information content (AvgIpc) is 3.96. The van der Waals surface area contributed by atoms with Crippen LogP contribution < -0.4 is 4.74 Å². The van der Waals surface area contributed by atoms with Crippen LogP contribution in [-0.4, -0.2) is 15.2 Å². The third-order valence-electron chi connectivity index (χ3n) is 15.9. The number of aromatic nitrogens is 2. The van der Waals surface area contributed by atoms with Crippen LogP contribution in [0.5, 0.6) is 5.75 Å². The molecule has 7 aliphatic rings. The molecule has 3 aromatic carbocycles. The van der Waals surface area contributed by atoms with Crippen molar-refractivity contribution in [2.45, 2.75) is 88.6 Å². The van der Waals surface area contributed by atoms with Crippen LogP contribution in [0.1, 0.15) is 98.0 Å². The van der Waals surface area contributed by atoms with Crippen LogP contribution in [-0.2, 0) is 23.7 Å². The summed E-state index contributed by atoms with van der Waals surface area (Å²) in [6.45, 7) is 9.96. The molecule has 12 rings (SSSR count). The fourth-order valence-corrected chi connectivity index (χ4v) is 13.2. The van der Waals surface area contributed by atoms with Gasteiger partial charge < -0.3 is 13.9 Å². The van der Waals surface area contributed by atoms with E-state index in [1.807, 2.05) is 6.08 Å². The standard InChI is InChI=1S/C55H48N4O/c1-32-27-47-51(55(4)50(32)39-19-5-9-23-43(39)54(55,2)3)40-20-7-11-25-45(40)59(47)53-34(31-57)16-14-22-38(53)37-21-13-15-33(30-56)52(37)58-44-24-10-6-17-35(44)41-29-49-42(28-46(41)58)36-18-8-12-26-48(36)60-49/h5-10,12-15,17-20,22-24,26,28-29,32,34,36-37,48,50H,11,16,21,25,27H2,1-4H3. The molecular weight excluding hydrogens is 733 g/mol. The topological polar surface area (TPSA) is 66.7 Å². The summed E-state index contributed by atoms with van der Waals surface area (Å²) in [4.78, 5) is 0. The number of para-hydroxylation sites is 1. The molecule has 0 saturated carbocycles. The van der Waals surface area contributed by atoms with Crippen LogP contribution >= 0.6 is 0 Å². The first kappa shape index (κ1) is 35.6. The number of fused-ring (bicyclic) bond motifs is 13. The van der Waals surface area contributed by atoms with Gasteiger partial charge in [-0.3, -0.25) is 0 Å². The van der Waals surface area contributed by atoms with Crippen molar-refractivity contribution < 1.29 is 4.74 Å². The van der Waals surface area contributed by atoms with Gasteiger partial charge in [0.1, 0.15) is 17.9 Å². The largest absolute Gasteiger partial charge is 0.485 e. The highest BCUT2D eigenvalue weighted by molar-refractivity contribution is 6.11. The van der Waals surface area contributed by atoms with Crippen LogP contribution in [0.4, 0.5) is 0 Å². The van der Waals surface area contributed by atoms with Gasteiger partial charge in [0.15, 0.2) is 0 Å². The van der Waals surface area contributed by atoms with E-state index in [4.69, 9.17) is 4.74 Å². The molecule has 2 aromatic heterocycles. The summed E-state index contributed by atoms with van der Waals surface area (Å²) in [6, 6.07) is 27.9. The van der Waals surface area contributed by atoms with Crippen LogP contribution in [0.15, 0.2) is 126 Å². The number of nitriles is 2. The van der Waals surface area contributed by atoms with E-state index in [0.29, 0.717) is 23.8 Å². The number of hydrogen-bond donors (Lipinski definition) is 0. The molecule has 0 bridgehead atoms. The van der Waals surface area contributed by atoms with Gasteiger partial charge in [-0.15, -0.1) is 0 Å². The summed E-state index contributed by atoms with van der Waals surface area (Å²) < 4.78 is 11.6. The summed E-state index contributed by atoms with van der Waals surface area (Å²) in [5.41, 5.74) is 15.6. The Kier molecular flexibility index (Phi) is 7.49. The van der Waals surface area contributed by atoms with E-state index in [1.165, 1.54) is 39.2 Å². The Labute approximate surface area is 352 Å². The molecule has 3 heterocycles. The lowest BCUT2D eigenvalue weighted by molar-refractivity contribution is 0.196. The quantitative estimate of drug-likeness (QED) is 0.183. The van der Waals surface area contributed by atoms with Crippen LogP contribution in [0, 0.1) is 40.4 Å². The summed E-state index contributed by atoms with van der Waals surface area (Å²) in [7, 11) is 0. The Hall–Kier alpha value is -6.30. The molecule has 5 nitrogen and oxygen atoms in total. The number of rotatable bonds is 3. The van der Waals surface area contributed by atoms with Gasteiger partial charge in [-0.2, -0.15) is 10.5 Å². The number of hydrogen-bond acceptors (Lipinski definition) is 3. The van der Waals surface area contributed by atoms with Gasteiger partial charge >= 0.3 is 0 Å². The van der Waals surface area contributed by atoms with Crippen LogP contribution in [0.3, 0.4) is 0 Å². The van der Waals surface area contributed by atoms with Gasteiger partial charge in [-0.25, -0.2) is 0 Å². The highest BCUT2D eigenvalue weighted by Crippen LogP contribution is 2.67. The first-order valence-corrected chi connectivity index (χ1v) is 22.0. The van der Waals surface area contributed by atoms with Gasteiger partial charge in [0, 0.05) is 61.8 Å². The number of nitrogens with zero attached hydrogens (tertiary/aromatic N) is 4. The third kappa shape index (κ3) is 4.46. The van der Waals surface area contributed by atoms with Crippen molar-refractivity contribution in [2.24, 2.45) is 17.8 Å². The summed E-state index contributed by atoms with van der Waals surface area (Å²) >= 11 is 0. The van der Waals surface area contributed by atoms with Crippen molar-refractivity contribution in [3.05, 3.63) is 166 Å². The van der Waals surface area contributed by atoms with Gasteiger partial charge in [-0.05, 0) is 102 Å². The predicted octanol–water partition coefficient (Wildman–Crippen LogP) is 12.4. The molecular formula is C55H48N4O. The lowest BCUT2D eigenvalue weighted by Gasteiger charge is -2.49. The minimum Gasteiger partial charge on any atom is -0.485 e. The highest BCUT2D eigenvalue weighted by Gasteiger charge is 2.61. The van der Waals surface area contributed by atoms with Gasteiger partial charge in [0.05, 0.1) is 28.6 Å². The molecule has 0 amide bonds. The Morgan fingerprint density at radius 1 is 0.783 bits per heavy atom. The minimum atomic E-state index is -0.328. The molecule has 1 aliphatic heterocycles. The SMILES string of the molecule is CC1Cc2c(c3c(n2C2=C(C4CC=CC(C#N)=C4n4c5ccccc5c5cc6c(cc54)C4C=CC=CC4O6)C=CCC2C#N)CCC=C3)C2(C)C1c1ccccc1C2(C)C. The zero-order valence-electron chi connectivity index (χ0n) is 34.7. The van der Waals surface area contributed by atoms with Crippen molar-refractivity contribution in [1.82, 2.24) is 9.13 Å². The monoisotopic (exact) mass is 780 g/mol. The number of ether oxygens (including phenoxy) is 1. The van der Waals surface area contributed by atoms with Crippen molar-refractivity contribution in [1.29, 1.82) is 10.5 Å². The normalized spacial score (nSPS) is 28.8. The van der Waals surface area contributed by atoms with Crippen molar-refractivity contribution in [3.8, 4) is 17.9 Å². The Bertz CT molecular complexity index is 3060. The number of allylic oxidation sites excluding steroid dienone is 11. The maximum atomic E-state index is 11.2. The minimum absolute atomic E-state index is 0.0176. The summed E-state index contributed by atoms with van der Waals surface area (Å²) in [6.07, 6.45) is 26.3. The molecule has 0 saturated heterocycles. The second kappa shape index (κ2) is 12.6. The molecule has 7 unspecified atom stereocenters. The van der Waals surface area contributed by atoms with Crippen LogP contribution in [0.2, 0.25) is 0 Å². The Morgan fingerprint density at radius 2 is 1.60 bits per heavy atom. The second-order valence-electron chi connectivity index (χ2n) is 18.9.